The van der Waals surface area contributed by atoms with Crippen LogP contribution in [0, 0.1) is 12.7 Å². The molecule has 1 N–H and O–H groups in total. The monoisotopic (exact) mass is 286 g/mol. The van der Waals surface area contributed by atoms with Crippen molar-refractivity contribution in [1.29, 1.82) is 0 Å². The molecule has 1 aromatic heterocycles. The zero-order valence-electron chi connectivity index (χ0n) is 11.4. The molecule has 2 nitrogen and oxygen atoms in total. The fourth-order valence-corrected chi connectivity index (χ4v) is 3.08. The summed E-state index contributed by atoms with van der Waals surface area (Å²) in [5.74, 6) is -0.224. The number of aromatic nitrogens is 1. The molecule has 4 heteroatoms. The van der Waals surface area contributed by atoms with Crippen LogP contribution in [-0.4, -0.2) is 4.98 Å². The molecule has 0 bridgehead atoms. The summed E-state index contributed by atoms with van der Waals surface area (Å²) in [5, 5.41) is 4.15. The summed E-state index contributed by atoms with van der Waals surface area (Å²) < 4.78 is 15.0. The number of benzene rings is 2. The van der Waals surface area contributed by atoms with E-state index in [-0.39, 0.29) is 11.9 Å². The van der Waals surface area contributed by atoms with Gasteiger partial charge in [0, 0.05) is 0 Å². The van der Waals surface area contributed by atoms with Crippen LogP contribution < -0.4 is 5.32 Å². The lowest BCUT2D eigenvalue weighted by Crippen LogP contribution is -2.07. The van der Waals surface area contributed by atoms with E-state index in [2.05, 4.69) is 16.4 Å². The van der Waals surface area contributed by atoms with Crippen LogP contribution in [-0.2, 0) is 0 Å². The Kier molecular flexibility index (Phi) is 3.40. The average Bonchev–Trinajstić information content (AvgIpc) is 2.86. The van der Waals surface area contributed by atoms with E-state index in [0.717, 1.165) is 20.8 Å². The van der Waals surface area contributed by atoms with Gasteiger partial charge in [-0.15, -0.1) is 11.3 Å². The highest BCUT2D eigenvalue weighted by atomic mass is 32.1. The quantitative estimate of drug-likeness (QED) is 0.739. The molecule has 2 aromatic carbocycles. The van der Waals surface area contributed by atoms with Crippen molar-refractivity contribution >= 4 is 27.2 Å². The molecule has 0 radical (unpaired) electrons. The summed E-state index contributed by atoms with van der Waals surface area (Å²) in [6.45, 7) is 3.88. The molecule has 0 aliphatic rings. The van der Waals surface area contributed by atoms with Crippen LogP contribution in [0.2, 0.25) is 0 Å². The van der Waals surface area contributed by atoms with E-state index in [1.807, 2.05) is 38.1 Å². The molecule has 3 aromatic rings. The highest BCUT2D eigenvalue weighted by Gasteiger charge is 2.13. The summed E-state index contributed by atoms with van der Waals surface area (Å²) in [4.78, 5) is 4.59. The van der Waals surface area contributed by atoms with Gasteiger partial charge in [0.05, 0.1) is 21.9 Å². The lowest BCUT2D eigenvalue weighted by Gasteiger charge is -2.13. The summed E-state index contributed by atoms with van der Waals surface area (Å²) in [5.41, 5.74) is 2.42. The highest BCUT2D eigenvalue weighted by molar-refractivity contribution is 7.18. The van der Waals surface area contributed by atoms with E-state index >= 15 is 0 Å². The number of hydrogen-bond acceptors (Lipinski definition) is 3. The van der Waals surface area contributed by atoms with Gasteiger partial charge < -0.3 is 5.32 Å². The zero-order valence-corrected chi connectivity index (χ0v) is 12.2. The number of anilines is 1. The van der Waals surface area contributed by atoms with Crippen LogP contribution in [0.3, 0.4) is 0 Å². The van der Waals surface area contributed by atoms with E-state index < -0.39 is 0 Å². The Morgan fingerprint density at radius 1 is 1.20 bits per heavy atom. The van der Waals surface area contributed by atoms with Crippen molar-refractivity contribution in [3.63, 3.8) is 0 Å². The summed E-state index contributed by atoms with van der Waals surface area (Å²) >= 11 is 1.64. The molecule has 0 saturated carbocycles. The Hall–Kier alpha value is -1.94. The number of aryl methyl sites for hydroxylation is 1. The van der Waals surface area contributed by atoms with Gasteiger partial charge in [0.1, 0.15) is 10.8 Å². The molecule has 102 valence electrons. The molecule has 0 aliphatic heterocycles. The maximum atomic E-state index is 13.9. The van der Waals surface area contributed by atoms with Gasteiger partial charge in [0.25, 0.3) is 0 Å². The number of halogens is 1. The standard InChI is InChI=1S/C16H15FN2S/c1-10-7-8-13(12(17)9-10)18-11(2)16-19-14-5-3-4-6-15(14)20-16/h3-9,11,18H,1-2H3. The topological polar surface area (TPSA) is 24.9 Å². The molecule has 0 fully saturated rings. The minimum atomic E-state index is -0.224. The van der Waals surface area contributed by atoms with E-state index in [1.54, 1.807) is 17.4 Å². The highest BCUT2D eigenvalue weighted by Crippen LogP contribution is 2.29. The first kappa shape index (κ1) is 13.1. The van der Waals surface area contributed by atoms with Crippen LogP contribution in [0.5, 0.6) is 0 Å². The Morgan fingerprint density at radius 3 is 2.75 bits per heavy atom. The van der Waals surface area contributed by atoms with Crippen LogP contribution in [0.4, 0.5) is 10.1 Å². The second kappa shape index (κ2) is 5.21. The molecule has 1 heterocycles. The van der Waals surface area contributed by atoms with Gasteiger partial charge in [-0.05, 0) is 43.7 Å². The van der Waals surface area contributed by atoms with Gasteiger partial charge in [-0.3, -0.25) is 0 Å². The summed E-state index contributed by atoms with van der Waals surface area (Å²) in [6.07, 6.45) is 0. The Morgan fingerprint density at radius 2 is 2.00 bits per heavy atom. The van der Waals surface area contributed by atoms with Crippen LogP contribution in [0.15, 0.2) is 42.5 Å². The van der Waals surface area contributed by atoms with Gasteiger partial charge in [0.15, 0.2) is 0 Å². The smallest absolute Gasteiger partial charge is 0.146 e. The van der Waals surface area contributed by atoms with Gasteiger partial charge in [-0.1, -0.05) is 18.2 Å². The number of thiazole rings is 1. The lowest BCUT2D eigenvalue weighted by molar-refractivity contribution is 0.626. The third kappa shape index (κ3) is 2.51. The van der Waals surface area contributed by atoms with Crippen molar-refractivity contribution in [3.8, 4) is 0 Å². The molecule has 0 amide bonds. The predicted octanol–water partition coefficient (Wildman–Crippen LogP) is 4.92. The number of nitrogens with one attached hydrogen (secondary N) is 1. The number of para-hydroxylation sites is 1. The fraction of sp³-hybridized carbons (Fsp3) is 0.188. The fourth-order valence-electron chi connectivity index (χ4n) is 2.11. The summed E-state index contributed by atoms with van der Waals surface area (Å²) in [7, 11) is 0. The zero-order chi connectivity index (χ0) is 14.1. The molecule has 1 unspecified atom stereocenters. The number of rotatable bonds is 3. The first-order valence-corrected chi connectivity index (χ1v) is 7.33. The van der Waals surface area contributed by atoms with Crippen molar-refractivity contribution in [2.45, 2.75) is 19.9 Å². The first-order chi connectivity index (χ1) is 9.63. The number of hydrogen-bond donors (Lipinski definition) is 1. The molecule has 0 saturated heterocycles. The van der Waals surface area contributed by atoms with Crippen molar-refractivity contribution in [2.75, 3.05) is 5.32 Å². The minimum absolute atomic E-state index is 0.0235. The van der Waals surface area contributed by atoms with Crippen LogP contribution in [0.1, 0.15) is 23.5 Å². The third-order valence-electron chi connectivity index (χ3n) is 3.18. The normalized spacial score (nSPS) is 12.6. The molecule has 0 aliphatic carbocycles. The molecular weight excluding hydrogens is 271 g/mol. The maximum absolute atomic E-state index is 13.9. The van der Waals surface area contributed by atoms with Crippen LogP contribution >= 0.6 is 11.3 Å². The Balaban J connectivity index is 1.86. The van der Waals surface area contributed by atoms with Crippen molar-refractivity contribution < 1.29 is 4.39 Å². The number of nitrogens with zero attached hydrogens (tertiary/aromatic N) is 1. The summed E-state index contributed by atoms with van der Waals surface area (Å²) in [6, 6.07) is 13.2. The van der Waals surface area contributed by atoms with E-state index in [9.17, 15) is 4.39 Å². The predicted molar refractivity (Wildman–Crippen MR) is 82.8 cm³/mol. The average molecular weight is 286 g/mol. The Bertz CT molecular complexity index is 718. The van der Waals surface area contributed by atoms with E-state index in [1.165, 1.54) is 6.07 Å². The van der Waals surface area contributed by atoms with E-state index in [4.69, 9.17) is 0 Å². The molecule has 3 rings (SSSR count). The third-order valence-corrected chi connectivity index (χ3v) is 4.40. The second-order valence-corrected chi connectivity index (χ2v) is 5.93. The Labute approximate surface area is 121 Å². The van der Waals surface area contributed by atoms with Gasteiger partial charge in [-0.2, -0.15) is 0 Å². The minimum Gasteiger partial charge on any atom is -0.374 e. The molecule has 20 heavy (non-hydrogen) atoms. The molecule has 1 atom stereocenters. The molecule has 0 spiro atoms. The second-order valence-electron chi connectivity index (χ2n) is 4.87. The first-order valence-electron chi connectivity index (χ1n) is 6.51. The number of fused-ring (bicyclic) bond motifs is 1. The van der Waals surface area contributed by atoms with Crippen molar-refractivity contribution in [2.24, 2.45) is 0 Å². The SMILES string of the molecule is Cc1ccc(NC(C)c2nc3ccccc3s2)c(F)c1. The van der Waals surface area contributed by atoms with Crippen molar-refractivity contribution in [3.05, 3.63) is 58.9 Å². The van der Waals surface area contributed by atoms with Gasteiger partial charge in [-0.25, -0.2) is 9.37 Å². The van der Waals surface area contributed by atoms with Crippen molar-refractivity contribution in [1.82, 2.24) is 4.98 Å². The maximum Gasteiger partial charge on any atom is 0.146 e. The van der Waals surface area contributed by atoms with Gasteiger partial charge in [0.2, 0.25) is 0 Å². The van der Waals surface area contributed by atoms with Gasteiger partial charge >= 0.3 is 0 Å². The lowest BCUT2D eigenvalue weighted by atomic mass is 10.2. The van der Waals surface area contributed by atoms with E-state index in [0.29, 0.717) is 5.69 Å². The van der Waals surface area contributed by atoms with Crippen LogP contribution in [0.25, 0.3) is 10.2 Å². The molecular formula is C16H15FN2S. The largest absolute Gasteiger partial charge is 0.374 e.